The van der Waals surface area contributed by atoms with Crippen molar-refractivity contribution in [1.82, 2.24) is 0 Å². The molecule has 0 bridgehead atoms. The van der Waals surface area contributed by atoms with Crippen LogP contribution in [0.1, 0.15) is 20.8 Å². The maximum absolute atomic E-state index is 10.9. The maximum atomic E-state index is 10.9. The third-order valence-electron chi connectivity index (χ3n) is 1.71. The van der Waals surface area contributed by atoms with Gasteiger partial charge < -0.3 is 13.6 Å². The van der Waals surface area contributed by atoms with E-state index >= 15 is 0 Å². The van der Waals surface area contributed by atoms with E-state index in [9.17, 15) is 4.79 Å². The Morgan fingerprint density at radius 3 is 2.33 bits per heavy atom. The first-order chi connectivity index (χ1) is 7.13. The fraction of sp³-hybridized carbons (Fsp3) is 0.700. The first-order valence-corrected chi connectivity index (χ1v) is 6.96. The molecule has 15 heavy (non-hydrogen) atoms. The summed E-state index contributed by atoms with van der Waals surface area (Å²) < 4.78 is 16.0. The number of carbonyl (C=O) groups is 1. The van der Waals surface area contributed by atoms with Crippen LogP contribution in [0.15, 0.2) is 12.7 Å². The summed E-state index contributed by atoms with van der Waals surface area (Å²) in [7, 11) is -1.67. The monoisotopic (exact) mass is 232 g/mol. The van der Waals surface area contributed by atoms with Crippen LogP contribution in [0.2, 0.25) is 6.04 Å². The zero-order chi connectivity index (χ0) is 11.7. The largest absolute Gasteiger partial charge is 0.460 e. The van der Waals surface area contributed by atoms with Crippen LogP contribution in [0, 0.1) is 0 Å². The van der Waals surface area contributed by atoms with Gasteiger partial charge >= 0.3 is 15.3 Å². The summed E-state index contributed by atoms with van der Waals surface area (Å²) in [5.41, 5.74) is 0. The van der Waals surface area contributed by atoms with Crippen molar-refractivity contribution in [2.24, 2.45) is 0 Å². The second kappa shape index (κ2) is 8.64. The fourth-order valence-corrected chi connectivity index (χ4v) is 2.87. The molecule has 0 saturated heterocycles. The molecule has 0 radical (unpaired) electrons. The van der Waals surface area contributed by atoms with Crippen molar-refractivity contribution in [1.29, 1.82) is 0 Å². The number of hydrogen-bond acceptors (Lipinski definition) is 4. The molecule has 0 rings (SSSR count). The minimum atomic E-state index is -1.67. The highest BCUT2D eigenvalue weighted by atomic mass is 28.3. The predicted octanol–water partition coefficient (Wildman–Crippen LogP) is 1.40. The maximum Gasteiger partial charge on any atom is 0.330 e. The Hall–Kier alpha value is -0.653. The van der Waals surface area contributed by atoms with Crippen molar-refractivity contribution < 1.29 is 18.4 Å². The summed E-state index contributed by atoms with van der Waals surface area (Å²) in [4.78, 5) is 10.9. The normalized spacial score (nSPS) is 12.5. The lowest BCUT2D eigenvalue weighted by atomic mass is 10.5. The minimum absolute atomic E-state index is 0.176. The molecular formula is C10H20O4Si. The lowest BCUT2D eigenvalue weighted by Gasteiger charge is -2.18. The van der Waals surface area contributed by atoms with E-state index in [1.54, 1.807) is 0 Å². The molecule has 0 amide bonds. The Morgan fingerprint density at radius 1 is 1.40 bits per heavy atom. The summed E-state index contributed by atoms with van der Waals surface area (Å²) in [6, 6.07) is 0.668. The molecule has 1 atom stereocenters. The van der Waals surface area contributed by atoms with Gasteiger partial charge in [0.05, 0.1) is 0 Å². The van der Waals surface area contributed by atoms with E-state index < -0.39 is 15.3 Å². The first-order valence-electron chi connectivity index (χ1n) is 5.20. The predicted molar refractivity (Wildman–Crippen MR) is 61.0 cm³/mol. The molecule has 0 aliphatic heterocycles. The van der Waals surface area contributed by atoms with Crippen molar-refractivity contribution in [3.63, 3.8) is 0 Å². The van der Waals surface area contributed by atoms with E-state index in [0.29, 0.717) is 19.3 Å². The number of ether oxygens (including phenoxy) is 1. The first kappa shape index (κ1) is 14.3. The van der Waals surface area contributed by atoms with Crippen LogP contribution in [-0.2, 0) is 18.4 Å². The summed E-state index contributed by atoms with van der Waals surface area (Å²) in [5.74, 6) is -0.400. The highest BCUT2D eigenvalue weighted by Gasteiger charge is 2.18. The van der Waals surface area contributed by atoms with Gasteiger partial charge in [-0.05, 0) is 20.8 Å². The van der Waals surface area contributed by atoms with Crippen molar-refractivity contribution in [2.45, 2.75) is 32.9 Å². The molecule has 0 aliphatic carbocycles. The van der Waals surface area contributed by atoms with Crippen LogP contribution in [0.5, 0.6) is 0 Å². The number of esters is 1. The number of hydrogen-bond donors (Lipinski definition) is 0. The topological polar surface area (TPSA) is 44.8 Å². The van der Waals surface area contributed by atoms with Gasteiger partial charge in [-0.15, -0.1) is 0 Å². The summed E-state index contributed by atoms with van der Waals surface area (Å²) in [6.45, 7) is 10.3. The van der Waals surface area contributed by atoms with Crippen LogP contribution in [-0.4, -0.2) is 34.6 Å². The van der Waals surface area contributed by atoms with Crippen LogP contribution in [0.4, 0.5) is 0 Å². The van der Waals surface area contributed by atoms with Crippen molar-refractivity contribution in [3.8, 4) is 0 Å². The van der Waals surface area contributed by atoms with Gasteiger partial charge in [0.1, 0.15) is 6.10 Å². The van der Waals surface area contributed by atoms with Gasteiger partial charge in [0.15, 0.2) is 0 Å². The smallest absolute Gasteiger partial charge is 0.330 e. The molecule has 0 fully saturated rings. The third-order valence-corrected chi connectivity index (χ3v) is 4.17. The minimum Gasteiger partial charge on any atom is -0.460 e. The fourth-order valence-electron chi connectivity index (χ4n) is 1.12. The van der Waals surface area contributed by atoms with E-state index in [2.05, 4.69) is 6.58 Å². The molecular weight excluding hydrogens is 212 g/mol. The van der Waals surface area contributed by atoms with Crippen LogP contribution < -0.4 is 0 Å². The van der Waals surface area contributed by atoms with Gasteiger partial charge in [0.2, 0.25) is 0 Å². The SMILES string of the molecule is C=CC(=O)OC(C)C[SiH](OCC)OCC. The highest BCUT2D eigenvalue weighted by Crippen LogP contribution is 2.06. The van der Waals surface area contributed by atoms with Gasteiger partial charge in [0.25, 0.3) is 0 Å². The molecule has 5 heteroatoms. The van der Waals surface area contributed by atoms with Crippen molar-refractivity contribution >= 4 is 15.3 Å². The van der Waals surface area contributed by atoms with E-state index in [0.717, 1.165) is 6.08 Å². The van der Waals surface area contributed by atoms with Crippen molar-refractivity contribution in [2.75, 3.05) is 13.2 Å². The van der Waals surface area contributed by atoms with Gasteiger partial charge in [-0.1, -0.05) is 6.58 Å². The summed E-state index contributed by atoms with van der Waals surface area (Å²) in [5, 5.41) is 0. The quantitative estimate of drug-likeness (QED) is 0.360. The molecule has 0 N–H and O–H groups in total. The van der Waals surface area contributed by atoms with E-state index in [1.165, 1.54) is 0 Å². The molecule has 0 heterocycles. The Bertz CT molecular complexity index is 190. The molecule has 0 aromatic carbocycles. The Kier molecular flexibility index (Phi) is 8.26. The molecule has 0 aromatic rings. The van der Waals surface area contributed by atoms with Crippen LogP contribution >= 0.6 is 0 Å². The van der Waals surface area contributed by atoms with Crippen LogP contribution in [0.3, 0.4) is 0 Å². The van der Waals surface area contributed by atoms with Gasteiger partial charge in [0, 0.05) is 25.3 Å². The second-order valence-corrected chi connectivity index (χ2v) is 5.02. The average Bonchev–Trinajstić information content (AvgIpc) is 2.18. The average molecular weight is 232 g/mol. The zero-order valence-electron chi connectivity index (χ0n) is 9.69. The second-order valence-electron chi connectivity index (χ2n) is 3.03. The zero-order valence-corrected chi connectivity index (χ0v) is 10.8. The van der Waals surface area contributed by atoms with E-state index in [-0.39, 0.29) is 6.10 Å². The third kappa shape index (κ3) is 7.30. The summed E-state index contributed by atoms with van der Waals surface area (Å²) in [6.07, 6.45) is 0.985. The molecule has 0 spiro atoms. The molecule has 88 valence electrons. The molecule has 0 aromatic heterocycles. The number of carbonyl (C=O) groups excluding carboxylic acids is 1. The Balaban J connectivity index is 3.91. The molecule has 1 unspecified atom stereocenters. The van der Waals surface area contributed by atoms with Gasteiger partial charge in [-0.25, -0.2) is 4.79 Å². The Morgan fingerprint density at radius 2 is 1.93 bits per heavy atom. The lowest BCUT2D eigenvalue weighted by molar-refractivity contribution is -0.141. The highest BCUT2D eigenvalue weighted by molar-refractivity contribution is 6.44. The Labute approximate surface area is 93.1 Å². The van der Waals surface area contributed by atoms with E-state index in [4.69, 9.17) is 13.6 Å². The molecule has 0 saturated carbocycles. The van der Waals surface area contributed by atoms with E-state index in [1.807, 2.05) is 20.8 Å². The van der Waals surface area contributed by atoms with Crippen LogP contribution in [0.25, 0.3) is 0 Å². The number of rotatable bonds is 8. The lowest BCUT2D eigenvalue weighted by Crippen LogP contribution is -2.29. The molecule has 4 nitrogen and oxygen atoms in total. The van der Waals surface area contributed by atoms with Gasteiger partial charge in [-0.2, -0.15) is 0 Å². The molecule has 0 aliphatic rings. The van der Waals surface area contributed by atoms with Gasteiger partial charge in [-0.3, -0.25) is 0 Å². The van der Waals surface area contributed by atoms with Crippen molar-refractivity contribution in [3.05, 3.63) is 12.7 Å². The summed E-state index contributed by atoms with van der Waals surface area (Å²) >= 11 is 0. The standard InChI is InChI=1S/C10H20O4Si/c1-5-10(11)14-9(4)8-15(12-6-2)13-7-3/h5,9,15H,1,6-8H2,2-4H3.